The maximum absolute atomic E-state index is 13.4. The number of rotatable bonds is 3. The Morgan fingerprint density at radius 2 is 1.79 bits per heavy atom. The monoisotopic (exact) mass is 418 g/mol. The van der Waals surface area contributed by atoms with Gasteiger partial charge in [-0.3, -0.25) is 4.40 Å². The zero-order chi connectivity index (χ0) is 21.8. The van der Waals surface area contributed by atoms with Gasteiger partial charge in [0.15, 0.2) is 22.8 Å². The zero-order valence-electron chi connectivity index (χ0n) is 15.2. The summed E-state index contributed by atoms with van der Waals surface area (Å²) in [6, 6.07) is 3.58. The van der Waals surface area contributed by atoms with Gasteiger partial charge in [-0.25, -0.2) is 9.97 Å². The number of aliphatic hydroxyl groups is 1. The standard InChI is InChI=1S/C18H16F6N4O/c1-3-16(29,18(22,23)24)10-5-4-9(2)11(6-10)12-7-26-15-14(25)27-13(8-28(12)15)17(19,20)21/h4-8,29H,3H2,1-2H3,(H2,25,27). The molecule has 3 rings (SSSR count). The smallest absolute Gasteiger partial charge is 0.381 e. The fourth-order valence-corrected chi connectivity index (χ4v) is 3.07. The van der Waals surface area contributed by atoms with Crippen LogP contribution in [0.5, 0.6) is 0 Å². The van der Waals surface area contributed by atoms with Crippen molar-refractivity contribution in [2.24, 2.45) is 0 Å². The molecule has 3 N–H and O–H groups in total. The zero-order valence-corrected chi connectivity index (χ0v) is 15.2. The lowest BCUT2D eigenvalue weighted by molar-refractivity contribution is -0.267. The van der Waals surface area contributed by atoms with E-state index in [4.69, 9.17) is 5.73 Å². The van der Waals surface area contributed by atoms with Crippen molar-refractivity contribution >= 4 is 11.5 Å². The molecule has 5 nitrogen and oxygen atoms in total. The third-order valence-corrected chi connectivity index (χ3v) is 4.78. The first-order valence-corrected chi connectivity index (χ1v) is 8.41. The maximum Gasteiger partial charge on any atom is 0.434 e. The number of benzene rings is 1. The Balaban J connectivity index is 2.27. The minimum absolute atomic E-state index is 0.0700. The van der Waals surface area contributed by atoms with Crippen molar-refractivity contribution in [2.45, 2.75) is 38.2 Å². The number of fused-ring (bicyclic) bond motifs is 1. The number of alkyl halides is 6. The first-order chi connectivity index (χ1) is 13.3. The van der Waals surface area contributed by atoms with Gasteiger partial charge < -0.3 is 10.8 Å². The molecule has 0 radical (unpaired) electrons. The van der Waals surface area contributed by atoms with Crippen molar-refractivity contribution in [3.8, 4) is 11.3 Å². The molecule has 0 aliphatic rings. The third kappa shape index (κ3) is 3.39. The molecular weight excluding hydrogens is 402 g/mol. The summed E-state index contributed by atoms with van der Waals surface area (Å²) in [5.41, 5.74) is 1.43. The highest BCUT2D eigenvalue weighted by Crippen LogP contribution is 2.43. The third-order valence-electron chi connectivity index (χ3n) is 4.78. The summed E-state index contributed by atoms with van der Waals surface area (Å²) in [5.74, 6) is -0.472. The van der Waals surface area contributed by atoms with E-state index >= 15 is 0 Å². The van der Waals surface area contributed by atoms with Crippen LogP contribution < -0.4 is 5.73 Å². The van der Waals surface area contributed by atoms with Crippen LogP contribution in [0.25, 0.3) is 16.9 Å². The number of aromatic nitrogens is 3. The lowest BCUT2D eigenvalue weighted by Crippen LogP contribution is -2.41. The van der Waals surface area contributed by atoms with Crippen molar-refractivity contribution in [1.29, 1.82) is 0 Å². The summed E-state index contributed by atoms with van der Waals surface area (Å²) in [4.78, 5) is 7.23. The van der Waals surface area contributed by atoms with E-state index in [9.17, 15) is 31.4 Å². The Morgan fingerprint density at radius 1 is 1.14 bits per heavy atom. The Bertz CT molecular complexity index is 1070. The topological polar surface area (TPSA) is 76.4 Å². The fourth-order valence-electron chi connectivity index (χ4n) is 3.07. The van der Waals surface area contributed by atoms with Crippen molar-refractivity contribution in [1.82, 2.24) is 14.4 Å². The minimum Gasteiger partial charge on any atom is -0.381 e. The number of nitrogens with two attached hydrogens (primary N) is 1. The van der Waals surface area contributed by atoms with Gasteiger partial charge in [-0.05, 0) is 30.5 Å². The Morgan fingerprint density at radius 3 is 2.34 bits per heavy atom. The molecule has 0 fully saturated rings. The minimum atomic E-state index is -4.94. The molecule has 3 aromatic rings. The molecule has 2 heterocycles. The van der Waals surface area contributed by atoms with Crippen LogP contribution in [-0.4, -0.2) is 25.7 Å². The van der Waals surface area contributed by atoms with Gasteiger partial charge in [-0.2, -0.15) is 26.3 Å². The van der Waals surface area contributed by atoms with Crippen molar-refractivity contribution in [3.05, 3.63) is 47.4 Å². The van der Waals surface area contributed by atoms with E-state index in [0.29, 0.717) is 11.8 Å². The molecule has 156 valence electrons. The highest BCUT2D eigenvalue weighted by molar-refractivity contribution is 5.72. The number of imidazole rings is 1. The number of aryl methyl sites for hydroxylation is 1. The molecule has 0 amide bonds. The van der Waals surface area contributed by atoms with Crippen LogP contribution in [0.4, 0.5) is 32.2 Å². The first-order valence-electron chi connectivity index (χ1n) is 8.41. The molecule has 0 saturated heterocycles. The quantitative estimate of drug-likeness (QED) is 0.616. The Kier molecular flexibility index (Phi) is 4.77. The molecule has 1 unspecified atom stereocenters. The van der Waals surface area contributed by atoms with Gasteiger partial charge in [-0.1, -0.05) is 19.1 Å². The summed E-state index contributed by atoms with van der Waals surface area (Å²) in [5, 5.41) is 10.2. The van der Waals surface area contributed by atoms with E-state index in [2.05, 4.69) is 9.97 Å². The number of hydrogen-bond acceptors (Lipinski definition) is 4. The molecule has 11 heteroatoms. The second-order valence-corrected chi connectivity index (χ2v) is 6.59. The molecule has 0 spiro atoms. The number of hydrogen-bond donors (Lipinski definition) is 2. The Labute approximate surface area is 160 Å². The van der Waals surface area contributed by atoms with E-state index in [0.717, 1.165) is 16.5 Å². The normalized spacial score (nSPS) is 14.9. The van der Waals surface area contributed by atoms with Gasteiger partial charge in [0.1, 0.15) is 0 Å². The second-order valence-electron chi connectivity index (χ2n) is 6.59. The van der Waals surface area contributed by atoms with Crippen LogP contribution in [0.2, 0.25) is 0 Å². The largest absolute Gasteiger partial charge is 0.434 e. The Hall–Kier alpha value is -2.82. The van der Waals surface area contributed by atoms with E-state index in [1.165, 1.54) is 19.2 Å². The van der Waals surface area contributed by atoms with Crippen LogP contribution in [0.1, 0.15) is 30.2 Å². The summed E-state index contributed by atoms with van der Waals surface area (Å²) in [6.45, 7) is 2.76. The molecule has 1 atom stereocenters. The van der Waals surface area contributed by atoms with Crippen LogP contribution in [-0.2, 0) is 11.8 Å². The SMILES string of the molecule is CCC(O)(c1ccc(C)c(-c2cnc3c(N)nc(C(F)(F)F)cn23)c1)C(F)(F)F. The number of nitrogens with zero attached hydrogens (tertiary/aromatic N) is 3. The highest BCUT2D eigenvalue weighted by atomic mass is 19.4. The van der Waals surface area contributed by atoms with E-state index in [1.54, 1.807) is 6.92 Å². The summed E-state index contributed by atoms with van der Waals surface area (Å²) < 4.78 is 80.6. The molecule has 29 heavy (non-hydrogen) atoms. The predicted molar refractivity (Wildman–Crippen MR) is 92.8 cm³/mol. The predicted octanol–water partition coefficient (Wildman–Crippen LogP) is 4.47. The van der Waals surface area contributed by atoms with E-state index in [-0.39, 0.29) is 16.9 Å². The molecule has 1 aromatic carbocycles. The first kappa shape index (κ1) is 20.9. The average molecular weight is 418 g/mol. The summed E-state index contributed by atoms with van der Waals surface area (Å²) in [7, 11) is 0. The van der Waals surface area contributed by atoms with Crippen molar-refractivity contribution < 1.29 is 31.4 Å². The van der Waals surface area contributed by atoms with Crippen LogP contribution in [0.15, 0.2) is 30.6 Å². The average Bonchev–Trinajstić information content (AvgIpc) is 3.04. The molecule has 0 saturated carbocycles. The summed E-state index contributed by atoms with van der Waals surface area (Å²) >= 11 is 0. The number of nitrogen functional groups attached to an aromatic ring is 1. The van der Waals surface area contributed by atoms with Gasteiger partial charge in [0.2, 0.25) is 0 Å². The lowest BCUT2D eigenvalue weighted by Gasteiger charge is -2.30. The molecular formula is C18H16F6N4O. The lowest BCUT2D eigenvalue weighted by atomic mass is 9.87. The van der Waals surface area contributed by atoms with Gasteiger partial charge in [0.25, 0.3) is 0 Å². The van der Waals surface area contributed by atoms with Crippen molar-refractivity contribution in [3.63, 3.8) is 0 Å². The van der Waals surface area contributed by atoms with Crippen LogP contribution in [0, 0.1) is 6.92 Å². The molecule has 0 aliphatic carbocycles. The molecule has 2 aromatic heterocycles. The van der Waals surface area contributed by atoms with E-state index < -0.39 is 41.4 Å². The van der Waals surface area contributed by atoms with Gasteiger partial charge in [0, 0.05) is 11.8 Å². The van der Waals surface area contributed by atoms with Crippen LogP contribution >= 0.6 is 0 Å². The van der Waals surface area contributed by atoms with Gasteiger partial charge >= 0.3 is 12.4 Å². The summed E-state index contributed by atoms with van der Waals surface area (Å²) in [6.07, 6.45) is -8.49. The maximum atomic E-state index is 13.4. The second kappa shape index (κ2) is 6.61. The van der Waals surface area contributed by atoms with E-state index in [1.807, 2.05) is 0 Å². The highest BCUT2D eigenvalue weighted by Gasteiger charge is 2.53. The van der Waals surface area contributed by atoms with Crippen molar-refractivity contribution in [2.75, 3.05) is 5.73 Å². The molecule has 0 aliphatic heterocycles. The fraction of sp³-hybridized carbons (Fsp3) is 0.333. The molecule has 0 bridgehead atoms. The van der Waals surface area contributed by atoms with Gasteiger partial charge in [-0.15, -0.1) is 0 Å². The number of anilines is 1. The van der Waals surface area contributed by atoms with Crippen LogP contribution in [0.3, 0.4) is 0 Å². The van der Waals surface area contributed by atoms with Gasteiger partial charge in [0.05, 0.1) is 11.9 Å². The number of halogens is 6.